The molecule has 2 fully saturated rings. The SMILES string of the molecule is C=[C]c1cccc(C2CC2)c1C1CC1. The van der Waals surface area contributed by atoms with E-state index < -0.39 is 0 Å². The first-order valence-electron chi connectivity index (χ1n) is 5.56. The van der Waals surface area contributed by atoms with Crippen LogP contribution in [0.5, 0.6) is 0 Å². The fourth-order valence-electron chi connectivity index (χ4n) is 2.32. The highest BCUT2D eigenvalue weighted by Gasteiger charge is 2.33. The van der Waals surface area contributed by atoms with Crippen molar-refractivity contribution in [3.63, 3.8) is 0 Å². The maximum atomic E-state index is 3.80. The number of hydrogen-bond acceptors (Lipinski definition) is 0. The van der Waals surface area contributed by atoms with E-state index in [9.17, 15) is 0 Å². The van der Waals surface area contributed by atoms with Crippen molar-refractivity contribution in [3.05, 3.63) is 47.5 Å². The van der Waals surface area contributed by atoms with Crippen molar-refractivity contribution >= 4 is 0 Å². The van der Waals surface area contributed by atoms with Crippen molar-refractivity contribution in [2.75, 3.05) is 0 Å². The molecule has 0 heteroatoms. The van der Waals surface area contributed by atoms with Gasteiger partial charge in [0, 0.05) is 0 Å². The lowest BCUT2D eigenvalue weighted by Crippen LogP contribution is -1.94. The van der Waals surface area contributed by atoms with Gasteiger partial charge >= 0.3 is 0 Å². The quantitative estimate of drug-likeness (QED) is 0.669. The molecule has 0 aliphatic heterocycles. The first kappa shape index (κ1) is 8.28. The van der Waals surface area contributed by atoms with Gasteiger partial charge in [-0.05, 0) is 60.3 Å². The molecule has 1 aromatic carbocycles. The lowest BCUT2D eigenvalue weighted by atomic mass is 9.94. The van der Waals surface area contributed by atoms with E-state index in [1.54, 1.807) is 11.1 Å². The fourth-order valence-corrected chi connectivity index (χ4v) is 2.32. The summed E-state index contributed by atoms with van der Waals surface area (Å²) < 4.78 is 0. The molecule has 0 nitrogen and oxygen atoms in total. The fraction of sp³-hybridized carbons (Fsp3) is 0.429. The van der Waals surface area contributed by atoms with Crippen LogP contribution in [0.2, 0.25) is 0 Å². The molecular weight excluding hydrogens is 168 g/mol. The molecule has 3 rings (SSSR count). The maximum Gasteiger partial charge on any atom is -0.0146 e. The second-order valence-corrected chi connectivity index (χ2v) is 4.53. The molecule has 0 unspecified atom stereocenters. The van der Waals surface area contributed by atoms with Crippen molar-refractivity contribution in [3.8, 4) is 0 Å². The van der Waals surface area contributed by atoms with E-state index >= 15 is 0 Å². The zero-order chi connectivity index (χ0) is 9.54. The minimum absolute atomic E-state index is 0.830. The van der Waals surface area contributed by atoms with Crippen LogP contribution in [0.1, 0.15) is 54.2 Å². The number of benzene rings is 1. The Bertz CT molecular complexity index is 368. The van der Waals surface area contributed by atoms with Gasteiger partial charge in [0.05, 0.1) is 0 Å². The topological polar surface area (TPSA) is 0 Å². The van der Waals surface area contributed by atoms with Crippen molar-refractivity contribution < 1.29 is 0 Å². The number of rotatable bonds is 3. The Hall–Kier alpha value is -1.04. The predicted octanol–water partition coefficient (Wildman–Crippen LogP) is 3.78. The molecule has 0 bridgehead atoms. The third-order valence-electron chi connectivity index (χ3n) is 3.33. The minimum atomic E-state index is 0.830. The number of hydrogen-bond donors (Lipinski definition) is 0. The molecule has 0 atom stereocenters. The lowest BCUT2D eigenvalue weighted by Gasteiger charge is -2.10. The van der Waals surface area contributed by atoms with Crippen molar-refractivity contribution in [1.29, 1.82) is 0 Å². The molecule has 2 aliphatic rings. The lowest BCUT2D eigenvalue weighted by molar-refractivity contribution is 1.01. The molecular formula is C14H15. The molecule has 14 heavy (non-hydrogen) atoms. The van der Waals surface area contributed by atoms with E-state index in [1.807, 2.05) is 0 Å². The molecule has 2 aliphatic carbocycles. The van der Waals surface area contributed by atoms with E-state index in [0.29, 0.717) is 0 Å². The first-order valence-corrected chi connectivity index (χ1v) is 5.56. The molecule has 0 saturated heterocycles. The van der Waals surface area contributed by atoms with Crippen LogP contribution in [0.3, 0.4) is 0 Å². The van der Waals surface area contributed by atoms with E-state index in [2.05, 4.69) is 30.9 Å². The summed E-state index contributed by atoms with van der Waals surface area (Å²) in [4.78, 5) is 0. The summed E-state index contributed by atoms with van der Waals surface area (Å²) in [6.07, 6.45) is 8.62. The summed E-state index contributed by atoms with van der Waals surface area (Å²) in [6.45, 7) is 3.80. The van der Waals surface area contributed by atoms with Crippen LogP contribution >= 0.6 is 0 Å². The monoisotopic (exact) mass is 183 g/mol. The van der Waals surface area contributed by atoms with E-state index in [1.165, 1.54) is 31.2 Å². The first-order chi connectivity index (χ1) is 6.90. The normalized spacial score (nSPS) is 20.9. The third kappa shape index (κ3) is 1.30. The van der Waals surface area contributed by atoms with Crippen LogP contribution in [-0.2, 0) is 0 Å². The van der Waals surface area contributed by atoms with E-state index in [0.717, 1.165) is 11.8 Å². The molecule has 1 aromatic rings. The van der Waals surface area contributed by atoms with Gasteiger partial charge in [-0.1, -0.05) is 24.8 Å². The van der Waals surface area contributed by atoms with Gasteiger partial charge in [-0.3, -0.25) is 0 Å². The molecule has 2 saturated carbocycles. The Labute approximate surface area is 85.6 Å². The van der Waals surface area contributed by atoms with Crippen molar-refractivity contribution in [2.24, 2.45) is 0 Å². The summed E-state index contributed by atoms with van der Waals surface area (Å²) in [5.74, 6) is 1.69. The second kappa shape index (κ2) is 2.98. The van der Waals surface area contributed by atoms with Crippen LogP contribution in [0.25, 0.3) is 0 Å². The molecule has 0 N–H and O–H groups in total. The zero-order valence-corrected chi connectivity index (χ0v) is 8.42. The average Bonchev–Trinajstić information content (AvgIpc) is 3.04. The highest BCUT2D eigenvalue weighted by atomic mass is 14.4. The molecule has 0 aromatic heterocycles. The van der Waals surface area contributed by atoms with Gasteiger partial charge in [0.2, 0.25) is 0 Å². The van der Waals surface area contributed by atoms with Crippen molar-refractivity contribution in [1.82, 2.24) is 0 Å². The summed E-state index contributed by atoms with van der Waals surface area (Å²) in [6, 6.07) is 6.63. The smallest absolute Gasteiger partial charge is 0.0146 e. The van der Waals surface area contributed by atoms with Crippen LogP contribution in [-0.4, -0.2) is 0 Å². The molecule has 71 valence electrons. The minimum Gasteiger partial charge on any atom is -0.0905 e. The largest absolute Gasteiger partial charge is 0.0905 e. The standard InChI is InChI=1S/C14H15/c1-2-10-4-3-5-13(11-6-7-11)14(10)12-8-9-12/h3-5,11-12H,1,6-9H2. The van der Waals surface area contributed by atoms with E-state index in [-0.39, 0.29) is 0 Å². The van der Waals surface area contributed by atoms with Gasteiger partial charge in [0.25, 0.3) is 0 Å². The third-order valence-corrected chi connectivity index (χ3v) is 3.33. The summed E-state index contributed by atoms with van der Waals surface area (Å²) in [5.41, 5.74) is 4.43. The highest BCUT2D eigenvalue weighted by molar-refractivity contribution is 5.46. The van der Waals surface area contributed by atoms with Crippen LogP contribution in [0.15, 0.2) is 24.8 Å². The van der Waals surface area contributed by atoms with Crippen LogP contribution < -0.4 is 0 Å². The average molecular weight is 183 g/mol. The Morgan fingerprint density at radius 1 is 1.07 bits per heavy atom. The Morgan fingerprint density at radius 3 is 2.36 bits per heavy atom. The zero-order valence-electron chi connectivity index (χ0n) is 8.42. The maximum absolute atomic E-state index is 3.80. The second-order valence-electron chi connectivity index (χ2n) is 4.53. The van der Waals surface area contributed by atoms with Gasteiger partial charge in [0.1, 0.15) is 0 Å². The Morgan fingerprint density at radius 2 is 1.79 bits per heavy atom. The molecule has 0 amide bonds. The van der Waals surface area contributed by atoms with Gasteiger partial charge in [-0.25, -0.2) is 0 Å². The van der Waals surface area contributed by atoms with Gasteiger partial charge in [-0.15, -0.1) is 0 Å². The Balaban J connectivity index is 2.11. The van der Waals surface area contributed by atoms with Gasteiger partial charge < -0.3 is 0 Å². The highest BCUT2D eigenvalue weighted by Crippen LogP contribution is 2.50. The van der Waals surface area contributed by atoms with Crippen LogP contribution in [0, 0.1) is 6.08 Å². The molecule has 0 heterocycles. The summed E-state index contributed by atoms with van der Waals surface area (Å²) in [5, 5.41) is 0. The summed E-state index contributed by atoms with van der Waals surface area (Å²) in [7, 11) is 0. The van der Waals surface area contributed by atoms with Gasteiger partial charge in [0.15, 0.2) is 0 Å². The Kier molecular flexibility index (Phi) is 1.76. The van der Waals surface area contributed by atoms with E-state index in [4.69, 9.17) is 0 Å². The van der Waals surface area contributed by atoms with Crippen LogP contribution in [0.4, 0.5) is 0 Å². The van der Waals surface area contributed by atoms with Crippen molar-refractivity contribution in [2.45, 2.75) is 37.5 Å². The molecule has 1 radical (unpaired) electrons. The van der Waals surface area contributed by atoms with Gasteiger partial charge in [-0.2, -0.15) is 0 Å². The molecule has 0 spiro atoms. The summed E-state index contributed by atoms with van der Waals surface area (Å²) >= 11 is 0. The predicted molar refractivity (Wildman–Crippen MR) is 58.4 cm³/mol.